The predicted molar refractivity (Wildman–Crippen MR) is 74.2 cm³/mol. The van der Waals surface area contributed by atoms with E-state index in [9.17, 15) is 14.4 Å². The number of hydrogen-bond donors (Lipinski definition) is 1. The first-order valence-electron chi connectivity index (χ1n) is 6.64. The fourth-order valence-corrected chi connectivity index (χ4v) is 2.63. The van der Waals surface area contributed by atoms with Gasteiger partial charge in [0, 0.05) is 11.9 Å². The van der Waals surface area contributed by atoms with E-state index in [4.69, 9.17) is 9.52 Å². The summed E-state index contributed by atoms with van der Waals surface area (Å²) in [6.07, 6.45) is 1.02. The third kappa shape index (κ3) is 2.29. The summed E-state index contributed by atoms with van der Waals surface area (Å²) >= 11 is 0. The van der Waals surface area contributed by atoms with Crippen molar-refractivity contribution in [3.05, 3.63) is 46.3 Å². The van der Waals surface area contributed by atoms with Crippen LogP contribution in [0.25, 0.3) is 11.0 Å². The number of rotatable bonds is 2. The Balaban J connectivity index is 2.03. The molecule has 2 heterocycles. The largest absolute Gasteiger partial charge is 0.480 e. The molecule has 1 aromatic heterocycles. The first-order chi connectivity index (χ1) is 10.1. The van der Waals surface area contributed by atoms with Crippen molar-refractivity contribution in [3.8, 4) is 0 Å². The third-order valence-corrected chi connectivity index (χ3v) is 3.67. The molecule has 3 rings (SSSR count). The fraction of sp³-hybridized carbons (Fsp3) is 0.267. The number of amides is 1. The third-order valence-electron chi connectivity index (χ3n) is 3.67. The van der Waals surface area contributed by atoms with Crippen molar-refractivity contribution in [1.29, 1.82) is 0 Å². The van der Waals surface area contributed by atoms with Crippen LogP contribution in [0.4, 0.5) is 0 Å². The summed E-state index contributed by atoms with van der Waals surface area (Å²) in [5, 5.41) is 9.76. The van der Waals surface area contributed by atoms with Gasteiger partial charge in [-0.25, -0.2) is 9.59 Å². The number of carbonyl (C=O) groups is 2. The van der Waals surface area contributed by atoms with E-state index in [0.717, 1.165) is 0 Å². The maximum atomic E-state index is 12.4. The first kappa shape index (κ1) is 13.4. The van der Waals surface area contributed by atoms with E-state index in [-0.39, 0.29) is 5.56 Å². The van der Waals surface area contributed by atoms with E-state index < -0.39 is 23.5 Å². The zero-order chi connectivity index (χ0) is 15.0. The molecule has 1 aliphatic heterocycles. The number of likely N-dealkylation sites (tertiary alicyclic amines) is 1. The quantitative estimate of drug-likeness (QED) is 0.845. The molecular formula is C15H13NO5. The smallest absolute Gasteiger partial charge is 0.349 e. The summed E-state index contributed by atoms with van der Waals surface area (Å²) in [5.41, 5.74) is -0.466. The second-order valence-electron chi connectivity index (χ2n) is 4.98. The average molecular weight is 287 g/mol. The Bertz CT molecular complexity index is 779. The summed E-state index contributed by atoms with van der Waals surface area (Å²) in [5.74, 6) is -1.63. The molecule has 108 valence electrons. The van der Waals surface area contributed by atoms with Crippen molar-refractivity contribution < 1.29 is 19.1 Å². The molecule has 0 radical (unpaired) electrons. The topological polar surface area (TPSA) is 87.8 Å². The zero-order valence-corrected chi connectivity index (χ0v) is 11.1. The van der Waals surface area contributed by atoms with Gasteiger partial charge in [0.25, 0.3) is 5.91 Å². The minimum atomic E-state index is -1.05. The summed E-state index contributed by atoms with van der Waals surface area (Å²) in [4.78, 5) is 36.8. The molecule has 0 bridgehead atoms. The van der Waals surface area contributed by atoms with Crippen LogP contribution in [0.2, 0.25) is 0 Å². The number of carboxylic acid groups (broad SMARTS) is 1. The number of carboxylic acids is 1. The van der Waals surface area contributed by atoms with Crippen molar-refractivity contribution in [2.24, 2.45) is 0 Å². The van der Waals surface area contributed by atoms with Crippen molar-refractivity contribution in [2.75, 3.05) is 6.54 Å². The molecule has 21 heavy (non-hydrogen) atoms. The molecule has 0 aliphatic carbocycles. The van der Waals surface area contributed by atoms with Gasteiger partial charge in [-0.05, 0) is 25.0 Å². The average Bonchev–Trinajstić information content (AvgIpc) is 2.95. The normalized spacial score (nSPS) is 18.1. The van der Waals surface area contributed by atoms with Gasteiger partial charge in [0.2, 0.25) is 0 Å². The molecule has 1 aliphatic rings. The molecule has 0 unspecified atom stereocenters. The van der Waals surface area contributed by atoms with Gasteiger partial charge in [-0.1, -0.05) is 18.2 Å². The van der Waals surface area contributed by atoms with Crippen LogP contribution in [0.15, 0.2) is 39.5 Å². The molecule has 1 fully saturated rings. The molecule has 6 heteroatoms. The molecule has 2 aromatic rings. The Labute approximate surface area is 119 Å². The Morgan fingerprint density at radius 3 is 2.81 bits per heavy atom. The predicted octanol–water partition coefficient (Wildman–Crippen LogP) is 1.48. The SMILES string of the molecule is O=C(O)[C@H]1CCCN1C(=O)c1cc2ccccc2oc1=O. The Hall–Kier alpha value is -2.63. The maximum absolute atomic E-state index is 12.4. The summed E-state index contributed by atoms with van der Waals surface area (Å²) in [7, 11) is 0. The molecular weight excluding hydrogens is 274 g/mol. The van der Waals surface area contributed by atoms with Gasteiger partial charge in [-0.3, -0.25) is 4.79 Å². The lowest BCUT2D eigenvalue weighted by atomic mass is 10.1. The number of nitrogens with zero attached hydrogens (tertiary/aromatic N) is 1. The number of benzene rings is 1. The molecule has 1 N–H and O–H groups in total. The van der Waals surface area contributed by atoms with Crippen LogP contribution in [0.3, 0.4) is 0 Å². The van der Waals surface area contributed by atoms with Crippen LogP contribution in [0.1, 0.15) is 23.2 Å². The Kier molecular flexibility index (Phi) is 3.21. The molecule has 1 saturated heterocycles. The monoisotopic (exact) mass is 287 g/mol. The van der Waals surface area contributed by atoms with Crippen molar-refractivity contribution in [2.45, 2.75) is 18.9 Å². The molecule has 1 aromatic carbocycles. The van der Waals surface area contributed by atoms with E-state index in [1.165, 1.54) is 11.0 Å². The van der Waals surface area contributed by atoms with Crippen molar-refractivity contribution in [1.82, 2.24) is 4.90 Å². The van der Waals surface area contributed by atoms with Gasteiger partial charge in [0.1, 0.15) is 17.2 Å². The number of carbonyl (C=O) groups excluding carboxylic acids is 1. The highest BCUT2D eigenvalue weighted by Crippen LogP contribution is 2.21. The number of para-hydroxylation sites is 1. The van der Waals surface area contributed by atoms with Gasteiger partial charge in [-0.2, -0.15) is 0 Å². The summed E-state index contributed by atoms with van der Waals surface area (Å²) < 4.78 is 5.12. The van der Waals surface area contributed by atoms with Gasteiger partial charge in [0.15, 0.2) is 0 Å². The number of fused-ring (bicyclic) bond motifs is 1. The van der Waals surface area contributed by atoms with Crippen LogP contribution in [0.5, 0.6) is 0 Å². The first-order valence-corrected chi connectivity index (χ1v) is 6.64. The second kappa shape index (κ2) is 5.05. The van der Waals surface area contributed by atoms with Gasteiger partial charge in [0.05, 0.1) is 0 Å². The maximum Gasteiger partial charge on any atom is 0.349 e. The van der Waals surface area contributed by atoms with Crippen molar-refractivity contribution in [3.63, 3.8) is 0 Å². The Morgan fingerprint density at radius 2 is 2.05 bits per heavy atom. The van der Waals surface area contributed by atoms with Crippen LogP contribution < -0.4 is 5.63 Å². The number of aliphatic carboxylic acids is 1. The lowest BCUT2D eigenvalue weighted by Gasteiger charge is -2.20. The minimum absolute atomic E-state index is 0.123. The van der Waals surface area contributed by atoms with Gasteiger partial charge in [-0.15, -0.1) is 0 Å². The fourth-order valence-electron chi connectivity index (χ4n) is 2.63. The van der Waals surface area contributed by atoms with Crippen LogP contribution >= 0.6 is 0 Å². The summed E-state index contributed by atoms with van der Waals surface area (Å²) in [6.45, 7) is 0.335. The lowest BCUT2D eigenvalue weighted by molar-refractivity contribution is -0.141. The van der Waals surface area contributed by atoms with E-state index in [1.807, 2.05) is 0 Å². The van der Waals surface area contributed by atoms with Crippen LogP contribution in [-0.2, 0) is 4.79 Å². The van der Waals surface area contributed by atoms with E-state index in [1.54, 1.807) is 24.3 Å². The van der Waals surface area contributed by atoms with Crippen molar-refractivity contribution >= 4 is 22.8 Å². The van der Waals surface area contributed by atoms with Gasteiger partial charge < -0.3 is 14.4 Å². The van der Waals surface area contributed by atoms with Crippen LogP contribution in [0, 0.1) is 0 Å². The molecule has 1 amide bonds. The minimum Gasteiger partial charge on any atom is -0.480 e. The van der Waals surface area contributed by atoms with Crippen LogP contribution in [-0.4, -0.2) is 34.5 Å². The zero-order valence-electron chi connectivity index (χ0n) is 11.1. The van der Waals surface area contributed by atoms with E-state index in [2.05, 4.69) is 0 Å². The molecule has 1 atom stereocenters. The molecule has 0 spiro atoms. The van der Waals surface area contributed by atoms with Gasteiger partial charge >= 0.3 is 11.6 Å². The standard InChI is InChI=1S/C15H13NO5/c17-13(16-7-3-5-11(16)14(18)19)10-8-9-4-1-2-6-12(9)21-15(10)20/h1-2,4,6,8,11H,3,5,7H2,(H,18,19)/t11-/m1/s1. The van der Waals surface area contributed by atoms with E-state index >= 15 is 0 Å². The highest BCUT2D eigenvalue weighted by Gasteiger charge is 2.35. The van der Waals surface area contributed by atoms with E-state index in [0.29, 0.717) is 30.4 Å². The number of hydrogen-bond acceptors (Lipinski definition) is 4. The highest BCUT2D eigenvalue weighted by molar-refractivity contribution is 5.98. The molecule has 6 nitrogen and oxygen atoms in total. The summed E-state index contributed by atoms with van der Waals surface area (Å²) in [6, 6.07) is 7.46. The Morgan fingerprint density at radius 1 is 1.29 bits per heavy atom. The second-order valence-corrected chi connectivity index (χ2v) is 4.98. The molecule has 0 saturated carbocycles. The highest BCUT2D eigenvalue weighted by atomic mass is 16.4. The lowest BCUT2D eigenvalue weighted by Crippen LogP contribution is -2.41.